The predicted octanol–water partition coefficient (Wildman–Crippen LogP) is 5.44. The van der Waals surface area contributed by atoms with Crippen LogP contribution in [0.4, 0.5) is 17.6 Å². The van der Waals surface area contributed by atoms with E-state index < -0.39 is 11.7 Å². The minimum absolute atomic E-state index is 0.113. The number of rotatable bonds is 4. The predicted molar refractivity (Wildman–Crippen MR) is 77.0 cm³/mol. The van der Waals surface area contributed by atoms with E-state index in [1.165, 1.54) is 13.0 Å². The Hall–Kier alpha value is -1.65. The molecule has 21 heavy (non-hydrogen) atoms. The van der Waals surface area contributed by atoms with Crippen LogP contribution in [-0.2, 0) is 6.42 Å². The highest BCUT2D eigenvalue weighted by Crippen LogP contribution is 2.28. The van der Waals surface area contributed by atoms with Gasteiger partial charge in [-0.05, 0) is 44.4 Å². The first-order chi connectivity index (χ1) is 9.66. The molecule has 0 saturated carbocycles. The van der Waals surface area contributed by atoms with Gasteiger partial charge in [-0.15, -0.1) is 0 Å². The molecule has 0 aliphatic rings. The Morgan fingerprint density at radius 3 is 2.24 bits per heavy atom. The molecule has 0 aliphatic heterocycles. The maximum Gasteiger partial charge on any atom is 0.414 e. The molecule has 1 aromatic rings. The SMILES string of the molecule is CCCc1ccc(C(C)=N/C(C)=C(\C)C(F)(F)F)cc1F. The van der Waals surface area contributed by atoms with Crippen LogP contribution in [0.1, 0.15) is 45.2 Å². The Kier molecular flexibility index (Phi) is 5.70. The van der Waals surface area contributed by atoms with Gasteiger partial charge in [0.2, 0.25) is 0 Å². The second kappa shape index (κ2) is 6.87. The molecule has 0 aromatic heterocycles. The van der Waals surface area contributed by atoms with Gasteiger partial charge >= 0.3 is 6.18 Å². The van der Waals surface area contributed by atoms with Gasteiger partial charge in [0.15, 0.2) is 0 Å². The third-order valence-electron chi connectivity index (χ3n) is 3.29. The van der Waals surface area contributed by atoms with E-state index in [-0.39, 0.29) is 11.5 Å². The summed E-state index contributed by atoms with van der Waals surface area (Å²) in [6, 6.07) is 4.66. The molecule has 0 spiro atoms. The zero-order chi connectivity index (χ0) is 16.2. The molecule has 5 heteroatoms. The average Bonchev–Trinajstić information content (AvgIpc) is 2.39. The molecule has 0 unspecified atom stereocenters. The third-order valence-corrected chi connectivity index (χ3v) is 3.29. The molecule has 0 N–H and O–H groups in total. The number of hydrogen-bond donors (Lipinski definition) is 0. The zero-order valence-electron chi connectivity index (χ0n) is 12.6. The van der Waals surface area contributed by atoms with Gasteiger partial charge in [-0.25, -0.2) is 4.39 Å². The van der Waals surface area contributed by atoms with Crippen LogP contribution in [0, 0.1) is 5.82 Å². The van der Waals surface area contributed by atoms with Crippen molar-refractivity contribution in [2.45, 2.75) is 46.7 Å². The summed E-state index contributed by atoms with van der Waals surface area (Å²) in [5.41, 5.74) is 0.593. The van der Waals surface area contributed by atoms with Gasteiger partial charge in [-0.2, -0.15) is 13.2 Å². The van der Waals surface area contributed by atoms with E-state index in [1.54, 1.807) is 19.1 Å². The third kappa shape index (κ3) is 4.69. The fourth-order valence-electron chi connectivity index (χ4n) is 1.85. The van der Waals surface area contributed by atoms with Crippen LogP contribution in [0.25, 0.3) is 0 Å². The van der Waals surface area contributed by atoms with Crippen LogP contribution >= 0.6 is 0 Å². The molecule has 0 saturated heterocycles. The lowest BCUT2D eigenvalue weighted by Gasteiger charge is -2.10. The standard InChI is InChI=1S/C16H19F4N/c1-5-6-13-7-8-14(9-15(13)17)12(4)21-11(3)10(2)16(18,19)20/h7-9H,5-6H2,1-4H3/b11-10+,21-12?. The molecule has 1 rings (SSSR count). The molecule has 0 bridgehead atoms. The Bertz CT molecular complexity index is 568. The molecule has 0 radical (unpaired) electrons. The monoisotopic (exact) mass is 301 g/mol. The lowest BCUT2D eigenvalue weighted by atomic mass is 10.0. The van der Waals surface area contributed by atoms with Gasteiger partial charge in [0.05, 0.1) is 5.57 Å². The molecule has 0 aliphatic carbocycles. The van der Waals surface area contributed by atoms with Crippen LogP contribution < -0.4 is 0 Å². The van der Waals surface area contributed by atoms with E-state index in [0.717, 1.165) is 13.3 Å². The molecule has 1 nitrogen and oxygen atoms in total. The number of aryl methyl sites for hydroxylation is 1. The molecule has 116 valence electrons. The number of nitrogens with zero attached hydrogens (tertiary/aromatic N) is 1. The fraction of sp³-hybridized carbons (Fsp3) is 0.438. The summed E-state index contributed by atoms with van der Waals surface area (Å²) in [5.74, 6) is -0.349. The normalized spacial score (nSPS) is 14.2. The zero-order valence-corrected chi connectivity index (χ0v) is 12.6. The summed E-state index contributed by atoms with van der Waals surface area (Å²) in [6.45, 7) is 5.81. The van der Waals surface area contributed by atoms with Crippen molar-refractivity contribution in [3.8, 4) is 0 Å². The number of aliphatic imine (C=N–C) groups is 1. The summed E-state index contributed by atoms with van der Waals surface area (Å²) in [5, 5.41) is 0. The Balaban J connectivity index is 3.11. The Morgan fingerprint density at radius 2 is 1.76 bits per heavy atom. The molecule has 0 fully saturated rings. The Labute approximate surface area is 122 Å². The lowest BCUT2D eigenvalue weighted by Crippen LogP contribution is -2.11. The smallest absolute Gasteiger partial charge is 0.258 e. The summed E-state index contributed by atoms with van der Waals surface area (Å²) in [7, 11) is 0. The van der Waals surface area contributed by atoms with Crippen LogP contribution in [0.5, 0.6) is 0 Å². The number of halogens is 4. The van der Waals surface area contributed by atoms with E-state index in [2.05, 4.69) is 4.99 Å². The highest BCUT2D eigenvalue weighted by molar-refractivity contribution is 5.99. The quantitative estimate of drug-likeness (QED) is 0.518. The van der Waals surface area contributed by atoms with Crippen molar-refractivity contribution in [2.24, 2.45) is 4.99 Å². The topological polar surface area (TPSA) is 12.4 Å². The van der Waals surface area contributed by atoms with E-state index >= 15 is 0 Å². The maximum absolute atomic E-state index is 13.8. The van der Waals surface area contributed by atoms with Crippen LogP contribution in [0.3, 0.4) is 0 Å². The fourth-order valence-corrected chi connectivity index (χ4v) is 1.85. The summed E-state index contributed by atoms with van der Waals surface area (Å²) in [6.07, 6.45) is -2.94. The van der Waals surface area contributed by atoms with Crippen molar-refractivity contribution in [3.63, 3.8) is 0 Å². The maximum atomic E-state index is 13.8. The van der Waals surface area contributed by atoms with Gasteiger partial charge in [-0.1, -0.05) is 25.5 Å². The second-order valence-electron chi connectivity index (χ2n) is 4.96. The summed E-state index contributed by atoms with van der Waals surface area (Å²) in [4.78, 5) is 3.94. The van der Waals surface area contributed by atoms with E-state index in [1.807, 2.05) is 6.92 Å². The van der Waals surface area contributed by atoms with Gasteiger partial charge in [-0.3, -0.25) is 4.99 Å². The Morgan fingerprint density at radius 1 is 1.14 bits per heavy atom. The van der Waals surface area contributed by atoms with Gasteiger partial charge in [0, 0.05) is 11.4 Å². The first-order valence-corrected chi connectivity index (χ1v) is 6.75. The lowest BCUT2D eigenvalue weighted by molar-refractivity contribution is -0.0921. The number of alkyl halides is 3. The molecule has 0 heterocycles. The molecule has 1 aromatic carbocycles. The van der Waals surface area contributed by atoms with E-state index in [0.29, 0.717) is 23.3 Å². The van der Waals surface area contributed by atoms with Crippen molar-refractivity contribution in [3.05, 3.63) is 46.4 Å². The van der Waals surface area contributed by atoms with Gasteiger partial charge < -0.3 is 0 Å². The number of benzene rings is 1. The highest BCUT2D eigenvalue weighted by Gasteiger charge is 2.31. The van der Waals surface area contributed by atoms with E-state index in [9.17, 15) is 17.6 Å². The van der Waals surface area contributed by atoms with Crippen molar-refractivity contribution in [1.82, 2.24) is 0 Å². The molecular formula is C16H19F4N. The number of allylic oxidation sites excluding steroid dienone is 2. The summed E-state index contributed by atoms with van der Waals surface area (Å²) < 4.78 is 51.5. The molecular weight excluding hydrogens is 282 g/mol. The van der Waals surface area contributed by atoms with E-state index in [4.69, 9.17) is 0 Å². The minimum atomic E-state index is -4.40. The van der Waals surface area contributed by atoms with Crippen molar-refractivity contribution in [2.75, 3.05) is 0 Å². The number of hydrogen-bond acceptors (Lipinski definition) is 1. The van der Waals surface area contributed by atoms with Gasteiger partial charge in [0.1, 0.15) is 5.82 Å². The minimum Gasteiger partial charge on any atom is -0.258 e. The van der Waals surface area contributed by atoms with Crippen LogP contribution in [0.15, 0.2) is 34.5 Å². The van der Waals surface area contributed by atoms with Crippen molar-refractivity contribution < 1.29 is 17.6 Å². The van der Waals surface area contributed by atoms with Crippen molar-refractivity contribution in [1.29, 1.82) is 0 Å². The second-order valence-corrected chi connectivity index (χ2v) is 4.96. The van der Waals surface area contributed by atoms with Crippen molar-refractivity contribution >= 4 is 5.71 Å². The van der Waals surface area contributed by atoms with Crippen LogP contribution in [-0.4, -0.2) is 11.9 Å². The average molecular weight is 301 g/mol. The summed E-state index contributed by atoms with van der Waals surface area (Å²) >= 11 is 0. The molecule has 0 amide bonds. The van der Waals surface area contributed by atoms with Gasteiger partial charge in [0.25, 0.3) is 0 Å². The molecule has 0 atom stereocenters. The first kappa shape index (κ1) is 17.4. The first-order valence-electron chi connectivity index (χ1n) is 6.75. The van der Waals surface area contributed by atoms with Crippen LogP contribution in [0.2, 0.25) is 0 Å². The highest BCUT2D eigenvalue weighted by atomic mass is 19.4. The largest absolute Gasteiger partial charge is 0.414 e.